The number of benzene rings is 1. The van der Waals surface area contributed by atoms with E-state index in [-0.39, 0.29) is 11.5 Å². The Morgan fingerprint density at radius 2 is 1.96 bits per heavy atom. The Kier molecular flexibility index (Phi) is 4.65. The highest BCUT2D eigenvalue weighted by Crippen LogP contribution is 2.04. The second kappa shape index (κ2) is 7.04. The van der Waals surface area contributed by atoms with E-state index in [0.717, 1.165) is 5.56 Å². The third kappa shape index (κ3) is 3.48. The van der Waals surface area contributed by atoms with Gasteiger partial charge in [0.25, 0.3) is 5.56 Å². The van der Waals surface area contributed by atoms with Crippen molar-refractivity contribution >= 4 is 16.9 Å². The largest absolute Gasteiger partial charge is 0.354 e. The summed E-state index contributed by atoms with van der Waals surface area (Å²) in [5.74, 6) is 0.519. The summed E-state index contributed by atoms with van der Waals surface area (Å²) in [4.78, 5) is 32.9. The first-order chi connectivity index (χ1) is 11.6. The van der Waals surface area contributed by atoms with Crippen LogP contribution in [-0.4, -0.2) is 27.0 Å². The summed E-state index contributed by atoms with van der Waals surface area (Å²) in [5.41, 5.74) is 1.27. The van der Waals surface area contributed by atoms with Crippen LogP contribution in [0.2, 0.25) is 0 Å². The van der Waals surface area contributed by atoms with Crippen LogP contribution in [-0.2, 0) is 17.8 Å². The molecule has 0 radical (unpaired) electrons. The number of pyridine rings is 1. The number of rotatable bonds is 5. The van der Waals surface area contributed by atoms with Crippen molar-refractivity contribution in [1.29, 1.82) is 0 Å². The van der Waals surface area contributed by atoms with Crippen LogP contribution in [0.15, 0.2) is 53.5 Å². The number of hydrogen-bond donors (Lipinski definition) is 1. The summed E-state index contributed by atoms with van der Waals surface area (Å²) >= 11 is 0. The summed E-state index contributed by atoms with van der Waals surface area (Å²) in [6.45, 7) is 2.52. The molecule has 0 spiro atoms. The molecule has 3 rings (SSSR count). The highest BCUT2D eigenvalue weighted by atomic mass is 16.1. The first kappa shape index (κ1) is 15.9. The fourth-order valence-electron chi connectivity index (χ4n) is 2.57. The quantitative estimate of drug-likeness (QED) is 0.771. The lowest BCUT2D eigenvalue weighted by atomic mass is 10.1. The van der Waals surface area contributed by atoms with E-state index in [1.807, 2.05) is 30.3 Å². The molecule has 24 heavy (non-hydrogen) atoms. The number of hydrogen-bond acceptors (Lipinski definition) is 4. The number of amides is 1. The van der Waals surface area contributed by atoms with Crippen molar-refractivity contribution in [3.63, 3.8) is 0 Å². The third-order valence-electron chi connectivity index (χ3n) is 3.79. The molecule has 1 amide bonds. The summed E-state index contributed by atoms with van der Waals surface area (Å²) < 4.78 is 1.56. The number of fused-ring (bicyclic) bond motifs is 1. The van der Waals surface area contributed by atoms with E-state index < -0.39 is 0 Å². The van der Waals surface area contributed by atoms with Crippen molar-refractivity contribution < 1.29 is 4.79 Å². The molecule has 2 aromatic heterocycles. The summed E-state index contributed by atoms with van der Waals surface area (Å²) in [6, 6.07) is 13.0. The highest BCUT2D eigenvalue weighted by Gasteiger charge is 2.09. The molecule has 2 heterocycles. The zero-order valence-electron chi connectivity index (χ0n) is 13.4. The van der Waals surface area contributed by atoms with Gasteiger partial charge in [0.15, 0.2) is 5.65 Å². The van der Waals surface area contributed by atoms with Crippen molar-refractivity contribution in [3.8, 4) is 0 Å². The standard InChI is InChI=1S/C18H18N4O2/c1-13-21-17-15(8-5-9-20-17)18(24)22(13)11-10-19-16(23)12-14-6-3-2-4-7-14/h2-9H,10-12H2,1H3,(H,19,23). The molecule has 6 nitrogen and oxygen atoms in total. The lowest BCUT2D eigenvalue weighted by Gasteiger charge is -2.11. The number of carbonyl (C=O) groups is 1. The molecule has 0 bridgehead atoms. The maximum Gasteiger partial charge on any atom is 0.263 e. The topological polar surface area (TPSA) is 76.9 Å². The molecule has 0 saturated carbocycles. The SMILES string of the molecule is Cc1nc2ncccc2c(=O)n1CCNC(=O)Cc1ccccc1. The van der Waals surface area contributed by atoms with Crippen LogP contribution in [0.5, 0.6) is 0 Å². The first-order valence-corrected chi connectivity index (χ1v) is 7.78. The van der Waals surface area contributed by atoms with E-state index >= 15 is 0 Å². The number of nitrogens with zero attached hydrogens (tertiary/aromatic N) is 3. The van der Waals surface area contributed by atoms with E-state index in [0.29, 0.717) is 36.4 Å². The first-order valence-electron chi connectivity index (χ1n) is 7.78. The third-order valence-corrected chi connectivity index (χ3v) is 3.79. The predicted octanol–water partition coefficient (Wildman–Crippen LogP) is 1.46. The molecule has 0 aliphatic carbocycles. The van der Waals surface area contributed by atoms with Gasteiger partial charge in [0.2, 0.25) is 5.91 Å². The zero-order valence-corrected chi connectivity index (χ0v) is 13.4. The molecule has 0 unspecified atom stereocenters. The molecule has 0 saturated heterocycles. The molecule has 0 aliphatic heterocycles. The number of nitrogens with one attached hydrogen (secondary N) is 1. The average Bonchev–Trinajstić information content (AvgIpc) is 2.59. The minimum absolute atomic E-state index is 0.0673. The van der Waals surface area contributed by atoms with Gasteiger partial charge in [-0.3, -0.25) is 14.2 Å². The normalized spacial score (nSPS) is 10.7. The maximum atomic E-state index is 12.5. The van der Waals surface area contributed by atoms with Gasteiger partial charge in [-0.05, 0) is 24.6 Å². The summed E-state index contributed by atoms with van der Waals surface area (Å²) in [6.07, 6.45) is 1.94. The second-order valence-electron chi connectivity index (χ2n) is 5.50. The minimum atomic E-state index is -0.136. The van der Waals surface area contributed by atoms with Gasteiger partial charge in [0.05, 0.1) is 11.8 Å². The Hall–Kier alpha value is -3.02. The van der Waals surface area contributed by atoms with Gasteiger partial charge in [-0.1, -0.05) is 30.3 Å². The van der Waals surface area contributed by atoms with Crippen LogP contribution >= 0.6 is 0 Å². The fraction of sp³-hybridized carbons (Fsp3) is 0.222. The smallest absolute Gasteiger partial charge is 0.263 e. The van der Waals surface area contributed by atoms with Crippen LogP contribution in [0.1, 0.15) is 11.4 Å². The summed E-state index contributed by atoms with van der Waals surface area (Å²) in [7, 11) is 0. The van der Waals surface area contributed by atoms with Gasteiger partial charge in [-0.15, -0.1) is 0 Å². The van der Waals surface area contributed by atoms with Crippen molar-refractivity contribution in [2.45, 2.75) is 19.9 Å². The number of carbonyl (C=O) groups excluding carboxylic acids is 1. The summed E-state index contributed by atoms with van der Waals surface area (Å²) in [5, 5.41) is 3.32. The lowest BCUT2D eigenvalue weighted by Crippen LogP contribution is -2.33. The number of aromatic nitrogens is 3. The second-order valence-corrected chi connectivity index (χ2v) is 5.50. The molecular weight excluding hydrogens is 304 g/mol. The molecule has 1 aromatic carbocycles. The van der Waals surface area contributed by atoms with Crippen LogP contribution < -0.4 is 10.9 Å². The van der Waals surface area contributed by atoms with Gasteiger partial charge in [-0.25, -0.2) is 9.97 Å². The Balaban J connectivity index is 1.66. The van der Waals surface area contributed by atoms with Crippen LogP contribution in [0.25, 0.3) is 11.0 Å². The monoisotopic (exact) mass is 322 g/mol. The predicted molar refractivity (Wildman–Crippen MR) is 91.7 cm³/mol. The zero-order chi connectivity index (χ0) is 16.9. The Bertz CT molecular complexity index is 919. The molecule has 0 fully saturated rings. The average molecular weight is 322 g/mol. The Labute approximate surface area is 139 Å². The molecule has 0 aliphatic rings. The van der Waals surface area contributed by atoms with Crippen molar-refractivity contribution in [3.05, 3.63) is 70.4 Å². The van der Waals surface area contributed by atoms with Gasteiger partial charge >= 0.3 is 0 Å². The molecule has 0 atom stereocenters. The van der Waals surface area contributed by atoms with E-state index in [1.165, 1.54) is 0 Å². The van der Waals surface area contributed by atoms with E-state index in [2.05, 4.69) is 15.3 Å². The Morgan fingerprint density at radius 3 is 2.75 bits per heavy atom. The highest BCUT2D eigenvalue weighted by molar-refractivity contribution is 5.78. The van der Waals surface area contributed by atoms with E-state index in [1.54, 1.807) is 29.8 Å². The maximum absolute atomic E-state index is 12.5. The molecular formula is C18H18N4O2. The van der Waals surface area contributed by atoms with Gasteiger partial charge < -0.3 is 5.32 Å². The van der Waals surface area contributed by atoms with Crippen LogP contribution in [0, 0.1) is 6.92 Å². The molecule has 6 heteroatoms. The Morgan fingerprint density at radius 1 is 1.17 bits per heavy atom. The van der Waals surface area contributed by atoms with Gasteiger partial charge in [0, 0.05) is 19.3 Å². The molecule has 3 aromatic rings. The van der Waals surface area contributed by atoms with Gasteiger partial charge in [0.1, 0.15) is 5.82 Å². The van der Waals surface area contributed by atoms with Crippen molar-refractivity contribution in [2.24, 2.45) is 0 Å². The lowest BCUT2D eigenvalue weighted by molar-refractivity contribution is -0.120. The molecule has 1 N–H and O–H groups in total. The number of aryl methyl sites for hydroxylation is 1. The van der Waals surface area contributed by atoms with Crippen molar-refractivity contribution in [2.75, 3.05) is 6.54 Å². The van der Waals surface area contributed by atoms with Crippen LogP contribution in [0.4, 0.5) is 0 Å². The van der Waals surface area contributed by atoms with E-state index in [4.69, 9.17) is 0 Å². The molecule has 122 valence electrons. The van der Waals surface area contributed by atoms with Crippen LogP contribution in [0.3, 0.4) is 0 Å². The van der Waals surface area contributed by atoms with E-state index in [9.17, 15) is 9.59 Å². The van der Waals surface area contributed by atoms with Crippen molar-refractivity contribution in [1.82, 2.24) is 19.9 Å². The minimum Gasteiger partial charge on any atom is -0.354 e. The fourth-order valence-corrected chi connectivity index (χ4v) is 2.57. The van der Waals surface area contributed by atoms with Gasteiger partial charge in [-0.2, -0.15) is 0 Å².